The highest BCUT2D eigenvalue weighted by Gasteiger charge is 2.24. The molecule has 0 saturated heterocycles. The van der Waals surface area contributed by atoms with E-state index in [4.69, 9.17) is 0 Å². The van der Waals surface area contributed by atoms with Gasteiger partial charge in [-0.05, 0) is 30.4 Å². The van der Waals surface area contributed by atoms with Gasteiger partial charge in [0.2, 0.25) is 0 Å². The molecule has 1 N–H and O–H groups in total. The average molecular weight is 370 g/mol. The summed E-state index contributed by atoms with van der Waals surface area (Å²) in [5, 5.41) is 0.579. The van der Waals surface area contributed by atoms with E-state index in [0.29, 0.717) is 16.6 Å². The fourth-order valence-electron chi connectivity index (χ4n) is 3.54. The molecule has 0 aliphatic heterocycles. The van der Waals surface area contributed by atoms with Gasteiger partial charge in [0.1, 0.15) is 4.83 Å². The van der Waals surface area contributed by atoms with Gasteiger partial charge in [-0.1, -0.05) is 24.3 Å². The first kappa shape index (κ1) is 16.8. The van der Waals surface area contributed by atoms with Crippen LogP contribution in [0.3, 0.4) is 0 Å². The molecule has 0 spiro atoms. The van der Waals surface area contributed by atoms with E-state index >= 15 is 0 Å². The van der Waals surface area contributed by atoms with E-state index in [1.807, 2.05) is 18.2 Å². The van der Waals surface area contributed by atoms with Gasteiger partial charge in [-0.15, -0.1) is 11.3 Å². The molecule has 0 atom stereocenters. The molecule has 134 valence electrons. The number of carbonyl (C=O) groups excluding carboxylic acids is 1. The number of aromatic nitrogens is 2. The third-order valence-electron chi connectivity index (χ3n) is 4.80. The first-order valence-corrected chi connectivity index (χ1v) is 9.35. The number of hydrogen-bond donors (Lipinski definition) is 1. The van der Waals surface area contributed by atoms with Gasteiger partial charge >= 0.3 is 11.7 Å². The van der Waals surface area contributed by atoms with Crippen LogP contribution in [0.15, 0.2) is 33.9 Å². The first-order chi connectivity index (χ1) is 12.6. The predicted octanol–water partition coefficient (Wildman–Crippen LogP) is 2.47. The van der Waals surface area contributed by atoms with E-state index in [1.165, 1.54) is 28.6 Å². The molecule has 26 heavy (non-hydrogen) atoms. The van der Waals surface area contributed by atoms with Gasteiger partial charge in [0.15, 0.2) is 0 Å². The van der Waals surface area contributed by atoms with Crippen molar-refractivity contribution in [2.45, 2.75) is 32.2 Å². The van der Waals surface area contributed by atoms with Crippen molar-refractivity contribution in [3.8, 4) is 11.1 Å². The van der Waals surface area contributed by atoms with Crippen LogP contribution in [-0.4, -0.2) is 22.6 Å². The number of nitrogens with zero attached hydrogens (tertiary/aromatic N) is 1. The van der Waals surface area contributed by atoms with Crippen LogP contribution < -0.4 is 11.2 Å². The molecule has 0 radical (unpaired) electrons. The van der Waals surface area contributed by atoms with Crippen molar-refractivity contribution in [1.82, 2.24) is 9.55 Å². The smallest absolute Gasteiger partial charge is 0.329 e. The van der Waals surface area contributed by atoms with Crippen LogP contribution in [0.4, 0.5) is 0 Å². The number of nitrogens with one attached hydrogen (secondary N) is 1. The number of aromatic amines is 1. The fraction of sp³-hybridized carbons (Fsp3) is 0.316. The monoisotopic (exact) mass is 370 g/mol. The lowest BCUT2D eigenvalue weighted by Gasteiger charge is -2.16. The number of hydrogen-bond acceptors (Lipinski definition) is 5. The average Bonchev–Trinajstić information content (AvgIpc) is 3.02. The molecule has 3 aromatic rings. The highest BCUT2D eigenvalue weighted by Crippen LogP contribution is 2.41. The van der Waals surface area contributed by atoms with E-state index in [-0.39, 0.29) is 24.5 Å². The lowest BCUT2D eigenvalue weighted by Crippen LogP contribution is -2.35. The Morgan fingerprint density at radius 3 is 2.88 bits per heavy atom. The number of ether oxygens (including phenoxy) is 1. The summed E-state index contributed by atoms with van der Waals surface area (Å²) in [5.74, 6) is -0.350. The maximum Gasteiger partial charge on any atom is 0.329 e. The van der Waals surface area contributed by atoms with Crippen molar-refractivity contribution in [3.63, 3.8) is 0 Å². The second-order valence-electron chi connectivity index (χ2n) is 6.33. The number of benzene rings is 1. The van der Waals surface area contributed by atoms with Crippen molar-refractivity contribution in [1.29, 1.82) is 0 Å². The number of carbonyl (C=O) groups is 1. The fourth-order valence-corrected chi connectivity index (χ4v) is 4.73. The van der Waals surface area contributed by atoms with Gasteiger partial charge in [0, 0.05) is 23.4 Å². The molecular formula is C19H18N2O4S. The number of thiophene rings is 1. The molecule has 0 fully saturated rings. The summed E-state index contributed by atoms with van der Waals surface area (Å²) in [6.45, 7) is 0.186. The topological polar surface area (TPSA) is 81.2 Å². The Hall–Kier alpha value is -2.67. The molecule has 2 aromatic heterocycles. The molecule has 0 unspecified atom stereocenters. The Morgan fingerprint density at radius 2 is 2.08 bits per heavy atom. The predicted molar refractivity (Wildman–Crippen MR) is 101 cm³/mol. The van der Waals surface area contributed by atoms with Crippen LogP contribution in [0.2, 0.25) is 0 Å². The minimum atomic E-state index is -0.431. The molecular weight excluding hydrogens is 352 g/mol. The number of H-pyrrole nitrogens is 1. The second-order valence-corrected chi connectivity index (χ2v) is 7.43. The van der Waals surface area contributed by atoms with Crippen molar-refractivity contribution in [3.05, 3.63) is 55.5 Å². The number of methoxy groups -OCH3 is 1. The third-order valence-corrected chi connectivity index (χ3v) is 5.97. The lowest BCUT2D eigenvalue weighted by atomic mass is 9.89. The Morgan fingerprint density at radius 1 is 1.27 bits per heavy atom. The zero-order valence-corrected chi connectivity index (χ0v) is 15.1. The summed E-state index contributed by atoms with van der Waals surface area (Å²) in [6, 6.07) is 8.09. The van der Waals surface area contributed by atoms with E-state index in [2.05, 4.69) is 15.8 Å². The zero-order chi connectivity index (χ0) is 18.3. The minimum Gasteiger partial charge on any atom is -0.469 e. The lowest BCUT2D eigenvalue weighted by molar-refractivity contribution is -0.140. The van der Waals surface area contributed by atoms with Crippen molar-refractivity contribution in [2.24, 2.45) is 0 Å². The molecule has 2 heterocycles. The second kappa shape index (κ2) is 6.57. The first-order valence-electron chi connectivity index (χ1n) is 8.53. The summed E-state index contributed by atoms with van der Waals surface area (Å²) in [5.41, 5.74) is 2.53. The quantitative estimate of drug-likeness (QED) is 0.716. The zero-order valence-electron chi connectivity index (χ0n) is 14.3. The largest absolute Gasteiger partial charge is 0.469 e. The highest BCUT2D eigenvalue weighted by molar-refractivity contribution is 7.19. The molecule has 7 heteroatoms. The number of rotatable bonds is 4. The van der Waals surface area contributed by atoms with Gasteiger partial charge in [-0.3, -0.25) is 19.1 Å². The molecule has 6 nitrogen and oxygen atoms in total. The molecule has 0 bridgehead atoms. The number of esters is 1. The van der Waals surface area contributed by atoms with Gasteiger partial charge in [-0.25, -0.2) is 4.79 Å². The summed E-state index contributed by atoms with van der Waals surface area (Å²) in [6.07, 6.45) is 2.36. The molecule has 0 saturated carbocycles. The van der Waals surface area contributed by atoms with Gasteiger partial charge in [0.05, 0.1) is 12.5 Å². The van der Waals surface area contributed by atoms with Gasteiger partial charge < -0.3 is 4.74 Å². The van der Waals surface area contributed by atoms with E-state index in [1.54, 1.807) is 0 Å². The highest BCUT2D eigenvalue weighted by atomic mass is 32.1. The van der Waals surface area contributed by atoms with Gasteiger partial charge in [0.25, 0.3) is 5.56 Å². The molecule has 1 aromatic carbocycles. The molecule has 0 amide bonds. The Labute approximate surface area is 153 Å². The van der Waals surface area contributed by atoms with Crippen LogP contribution in [0.5, 0.6) is 0 Å². The van der Waals surface area contributed by atoms with E-state index < -0.39 is 5.69 Å². The number of aryl methyl sites for hydroxylation is 2. The summed E-state index contributed by atoms with van der Waals surface area (Å²) in [4.78, 5) is 41.3. The van der Waals surface area contributed by atoms with Gasteiger partial charge in [-0.2, -0.15) is 0 Å². The van der Waals surface area contributed by atoms with Crippen LogP contribution in [0, 0.1) is 0 Å². The van der Waals surface area contributed by atoms with E-state index in [9.17, 15) is 14.4 Å². The molecule has 1 aliphatic carbocycles. The Bertz CT molecular complexity index is 1120. The number of fused-ring (bicyclic) bond motifs is 5. The van der Waals surface area contributed by atoms with Crippen molar-refractivity contribution >= 4 is 27.5 Å². The maximum absolute atomic E-state index is 13.1. The maximum atomic E-state index is 13.1. The summed E-state index contributed by atoms with van der Waals surface area (Å²) in [7, 11) is 1.32. The van der Waals surface area contributed by atoms with Crippen molar-refractivity contribution in [2.75, 3.05) is 7.11 Å². The minimum absolute atomic E-state index is 0.172. The summed E-state index contributed by atoms with van der Waals surface area (Å²) >= 11 is 1.49. The summed E-state index contributed by atoms with van der Waals surface area (Å²) < 4.78 is 5.80. The Balaban J connectivity index is 1.84. The molecule has 4 rings (SSSR count). The normalized spacial score (nSPS) is 12.7. The van der Waals surface area contributed by atoms with E-state index in [0.717, 1.165) is 28.8 Å². The standard InChI is InChI=1S/C19H18N2O4S/c1-25-14(22)7-4-10-21-18(23)16-15-12-6-3-2-5-11(12)8-9-13(15)26-17(16)20-19(21)24/h2-3,5-6H,4,7-10H2,1H3,(H,20,24). The SMILES string of the molecule is COC(=O)CCCn1c(=O)[nH]c2sc3c(c2c1=O)-c1ccccc1CC3. The van der Waals surface area contributed by atoms with Crippen molar-refractivity contribution < 1.29 is 9.53 Å². The molecule has 1 aliphatic rings. The van der Waals surface area contributed by atoms with Crippen LogP contribution >= 0.6 is 11.3 Å². The third kappa shape index (κ3) is 2.68. The van der Waals surface area contributed by atoms with Crippen LogP contribution in [0.1, 0.15) is 23.3 Å². The van der Waals surface area contributed by atoms with Crippen LogP contribution in [-0.2, 0) is 28.9 Å². The van der Waals surface area contributed by atoms with Crippen LogP contribution in [0.25, 0.3) is 21.3 Å². The Kier molecular flexibility index (Phi) is 4.24.